The molecule has 1 amide bonds. The highest BCUT2D eigenvalue weighted by Gasteiger charge is 2.21. The summed E-state index contributed by atoms with van der Waals surface area (Å²) in [5.41, 5.74) is 2.65. The largest absolute Gasteiger partial charge is 0.493 e. The van der Waals surface area contributed by atoms with E-state index in [1.807, 2.05) is 0 Å². The van der Waals surface area contributed by atoms with Crippen molar-refractivity contribution in [1.29, 1.82) is 0 Å². The molecule has 1 fully saturated rings. The average Bonchev–Trinajstić information content (AvgIpc) is 2.85. The molecule has 3 heteroatoms. The second kappa shape index (κ2) is 5.01. The monoisotopic (exact) mass is 245 g/mol. The molecule has 1 aromatic carbocycles. The number of hydrogen-bond acceptors (Lipinski definition) is 2. The molecule has 1 saturated heterocycles. The number of amides is 1. The zero-order chi connectivity index (χ0) is 12.4. The second-order valence-electron chi connectivity index (χ2n) is 5.21. The molecular weight excluding hydrogens is 226 g/mol. The molecule has 3 nitrogen and oxygen atoms in total. The normalized spacial score (nSPS) is 22.2. The Morgan fingerprint density at radius 1 is 1.39 bits per heavy atom. The van der Waals surface area contributed by atoms with Gasteiger partial charge >= 0.3 is 0 Å². The van der Waals surface area contributed by atoms with Crippen molar-refractivity contribution in [1.82, 2.24) is 5.32 Å². The van der Waals surface area contributed by atoms with Crippen LogP contribution in [0, 0.1) is 5.92 Å². The lowest BCUT2D eigenvalue weighted by molar-refractivity contribution is -0.126. The average molecular weight is 245 g/mol. The predicted molar refractivity (Wildman–Crippen MR) is 69.7 cm³/mol. The van der Waals surface area contributed by atoms with E-state index < -0.39 is 0 Å². The Hall–Kier alpha value is -1.51. The lowest BCUT2D eigenvalue weighted by Crippen LogP contribution is -2.36. The molecule has 1 N–H and O–H groups in total. The molecule has 1 atom stereocenters. The van der Waals surface area contributed by atoms with Crippen LogP contribution in [0.3, 0.4) is 0 Å². The van der Waals surface area contributed by atoms with Crippen molar-refractivity contribution in [3.63, 3.8) is 0 Å². The van der Waals surface area contributed by atoms with Gasteiger partial charge in [0, 0.05) is 18.9 Å². The topological polar surface area (TPSA) is 38.3 Å². The summed E-state index contributed by atoms with van der Waals surface area (Å²) in [7, 11) is 0. The van der Waals surface area contributed by atoms with E-state index in [0.29, 0.717) is 0 Å². The van der Waals surface area contributed by atoms with Crippen LogP contribution in [-0.4, -0.2) is 19.1 Å². The van der Waals surface area contributed by atoms with Crippen LogP contribution in [0.4, 0.5) is 0 Å². The fraction of sp³-hybridized carbons (Fsp3) is 0.533. The van der Waals surface area contributed by atoms with Crippen LogP contribution in [0.15, 0.2) is 18.2 Å². The van der Waals surface area contributed by atoms with E-state index in [1.165, 1.54) is 11.1 Å². The van der Waals surface area contributed by atoms with Crippen LogP contribution >= 0.6 is 0 Å². The number of carbonyl (C=O) groups is 1. The summed E-state index contributed by atoms with van der Waals surface area (Å²) >= 11 is 0. The van der Waals surface area contributed by atoms with Gasteiger partial charge in [-0.05, 0) is 42.9 Å². The van der Waals surface area contributed by atoms with E-state index >= 15 is 0 Å². The number of nitrogens with one attached hydrogen (secondary N) is 1. The highest BCUT2D eigenvalue weighted by atomic mass is 16.5. The van der Waals surface area contributed by atoms with Gasteiger partial charge in [0.1, 0.15) is 5.75 Å². The molecule has 1 aromatic rings. The molecule has 2 aliphatic heterocycles. The van der Waals surface area contributed by atoms with Crippen molar-refractivity contribution in [3.8, 4) is 5.75 Å². The van der Waals surface area contributed by atoms with Gasteiger partial charge in [-0.15, -0.1) is 0 Å². The van der Waals surface area contributed by atoms with E-state index in [1.54, 1.807) is 0 Å². The van der Waals surface area contributed by atoms with Crippen molar-refractivity contribution < 1.29 is 9.53 Å². The zero-order valence-electron chi connectivity index (χ0n) is 10.6. The first kappa shape index (κ1) is 11.6. The minimum absolute atomic E-state index is 0.211. The van der Waals surface area contributed by atoms with Gasteiger partial charge in [-0.1, -0.05) is 12.1 Å². The number of piperidine rings is 1. The molecular formula is C15H19NO2. The molecule has 0 aromatic heterocycles. The first-order chi connectivity index (χ1) is 8.83. The molecule has 0 bridgehead atoms. The van der Waals surface area contributed by atoms with Crippen LogP contribution in [0.5, 0.6) is 5.75 Å². The van der Waals surface area contributed by atoms with E-state index in [9.17, 15) is 4.79 Å². The van der Waals surface area contributed by atoms with Gasteiger partial charge < -0.3 is 10.1 Å². The van der Waals surface area contributed by atoms with Crippen molar-refractivity contribution in [3.05, 3.63) is 29.3 Å². The van der Waals surface area contributed by atoms with Gasteiger partial charge in [0.25, 0.3) is 0 Å². The van der Waals surface area contributed by atoms with E-state index in [2.05, 4.69) is 23.5 Å². The fourth-order valence-electron chi connectivity index (χ4n) is 2.85. The zero-order valence-corrected chi connectivity index (χ0v) is 10.6. The van der Waals surface area contributed by atoms with Crippen LogP contribution in [0.25, 0.3) is 0 Å². The lowest BCUT2D eigenvalue weighted by Gasteiger charge is -2.21. The number of rotatable bonds is 3. The Morgan fingerprint density at radius 2 is 2.33 bits per heavy atom. The fourth-order valence-corrected chi connectivity index (χ4v) is 2.85. The summed E-state index contributed by atoms with van der Waals surface area (Å²) in [5.74, 6) is 1.49. The maximum atomic E-state index is 11.7. The highest BCUT2D eigenvalue weighted by molar-refractivity contribution is 5.79. The third-order valence-electron chi connectivity index (χ3n) is 3.93. The molecule has 96 valence electrons. The number of hydrogen-bond donors (Lipinski definition) is 1. The highest BCUT2D eigenvalue weighted by Crippen LogP contribution is 2.27. The Morgan fingerprint density at radius 3 is 3.22 bits per heavy atom. The van der Waals surface area contributed by atoms with Gasteiger partial charge in [0.2, 0.25) is 5.91 Å². The third-order valence-corrected chi connectivity index (χ3v) is 3.93. The van der Waals surface area contributed by atoms with Crippen molar-refractivity contribution >= 4 is 5.91 Å². The van der Waals surface area contributed by atoms with Crippen LogP contribution in [-0.2, 0) is 17.6 Å². The smallest absolute Gasteiger partial charge is 0.223 e. The number of fused-ring (bicyclic) bond motifs is 1. The summed E-state index contributed by atoms with van der Waals surface area (Å²) < 4.78 is 5.50. The van der Waals surface area contributed by atoms with Crippen molar-refractivity contribution in [2.75, 3.05) is 13.2 Å². The molecule has 0 saturated carbocycles. The molecule has 2 aliphatic rings. The van der Waals surface area contributed by atoms with E-state index in [4.69, 9.17) is 4.74 Å². The van der Waals surface area contributed by atoms with Crippen molar-refractivity contribution in [2.45, 2.75) is 32.1 Å². The Labute approximate surface area is 108 Å². The first-order valence-corrected chi connectivity index (χ1v) is 6.85. The molecule has 0 radical (unpaired) electrons. The maximum Gasteiger partial charge on any atom is 0.223 e. The summed E-state index contributed by atoms with van der Waals surface area (Å²) in [5, 5.41) is 2.95. The Balaban J connectivity index is 1.61. The van der Waals surface area contributed by atoms with Gasteiger partial charge in [-0.25, -0.2) is 0 Å². The molecule has 1 unspecified atom stereocenters. The van der Waals surface area contributed by atoms with Gasteiger partial charge in [-0.2, -0.15) is 0 Å². The Kier molecular flexibility index (Phi) is 3.22. The molecule has 0 aliphatic carbocycles. The molecule has 3 rings (SSSR count). The molecule has 0 spiro atoms. The summed E-state index contributed by atoms with van der Waals surface area (Å²) in [6.45, 7) is 1.66. The number of benzene rings is 1. The van der Waals surface area contributed by atoms with Crippen LogP contribution in [0.1, 0.15) is 30.4 Å². The number of aryl methyl sites for hydroxylation is 1. The van der Waals surface area contributed by atoms with Crippen LogP contribution in [0.2, 0.25) is 0 Å². The number of carbonyl (C=O) groups excluding carboxylic acids is 1. The maximum absolute atomic E-state index is 11.7. The van der Waals surface area contributed by atoms with E-state index in [0.717, 1.165) is 51.0 Å². The quantitative estimate of drug-likeness (QED) is 0.885. The number of ether oxygens (including phenoxy) is 1. The minimum atomic E-state index is 0.211. The lowest BCUT2D eigenvalue weighted by atomic mass is 9.91. The summed E-state index contributed by atoms with van der Waals surface area (Å²) in [6.07, 6.45) is 5.14. The summed E-state index contributed by atoms with van der Waals surface area (Å²) in [4.78, 5) is 11.7. The second-order valence-corrected chi connectivity index (χ2v) is 5.21. The Bertz CT molecular complexity index is 456. The predicted octanol–water partition coefficient (Wildman–Crippen LogP) is 2.08. The molecule has 2 heterocycles. The summed E-state index contributed by atoms with van der Waals surface area (Å²) in [6, 6.07) is 6.44. The SMILES string of the molecule is O=C1NCCCC1CCc1ccc2c(c1)CCO2. The van der Waals surface area contributed by atoms with E-state index in [-0.39, 0.29) is 11.8 Å². The standard InChI is InChI=1S/C15H19NO2/c17-15-12(2-1-8-16-15)5-3-11-4-6-14-13(10-11)7-9-18-14/h4,6,10,12H,1-3,5,7-9H2,(H,16,17). The van der Waals surface area contributed by atoms with Crippen LogP contribution < -0.4 is 10.1 Å². The first-order valence-electron chi connectivity index (χ1n) is 6.85. The molecule has 18 heavy (non-hydrogen) atoms. The van der Waals surface area contributed by atoms with Gasteiger partial charge in [0.15, 0.2) is 0 Å². The van der Waals surface area contributed by atoms with Gasteiger partial charge in [-0.3, -0.25) is 4.79 Å². The minimum Gasteiger partial charge on any atom is -0.493 e. The van der Waals surface area contributed by atoms with Crippen molar-refractivity contribution in [2.24, 2.45) is 5.92 Å². The third kappa shape index (κ3) is 2.35. The van der Waals surface area contributed by atoms with Gasteiger partial charge in [0.05, 0.1) is 6.61 Å².